The zero-order chi connectivity index (χ0) is 11.0. The highest BCUT2D eigenvalue weighted by Crippen LogP contribution is 2.21. The fourth-order valence-electron chi connectivity index (χ4n) is 1.51. The van der Waals surface area contributed by atoms with E-state index in [1.807, 2.05) is 0 Å². The second-order valence-corrected chi connectivity index (χ2v) is 3.44. The number of nitrogens with zero attached hydrogens (tertiary/aromatic N) is 1. The topological polar surface area (TPSA) is 75.4 Å². The van der Waals surface area contributed by atoms with Crippen LogP contribution in [0.2, 0.25) is 0 Å². The molecule has 1 saturated heterocycles. The number of carbonyl (C=O) groups excluding carboxylic acids is 2. The molecule has 1 atom stereocenters. The molecule has 3 N–H and O–H groups in total. The van der Waals surface area contributed by atoms with Crippen LogP contribution >= 0.6 is 0 Å². The number of rotatable bonds is 1. The van der Waals surface area contributed by atoms with Crippen LogP contribution in [0.25, 0.3) is 0 Å². The first-order valence-electron chi connectivity index (χ1n) is 4.59. The Balaban J connectivity index is 2.39. The molecule has 1 aromatic carbocycles. The van der Waals surface area contributed by atoms with Gasteiger partial charge in [-0.15, -0.1) is 0 Å². The van der Waals surface area contributed by atoms with Crippen LogP contribution in [-0.4, -0.2) is 18.0 Å². The number of urea groups is 1. The van der Waals surface area contributed by atoms with Gasteiger partial charge in [0.15, 0.2) is 0 Å². The molecule has 15 heavy (non-hydrogen) atoms. The molecule has 0 spiro atoms. The van der Waals surface area contributed by atoms with Gasteiger partial charge in [0, 0.05) is 5.69 Å². The van der Waals surface area contributed by atoms with E-state index < -0.39 is 12.1 Å². The van der Waals surface area contributed by atoms with Gasteiger partial charge in [0.05, 0.1) is 5.69 Å². The van der Waals surface area contributed by atoms with E-state index in [4.69, 9.17) is 5.73 Å². The molecule has 5 heteroatoms. The Morgan fingerprint density at radius 3 is 2.67 bits per heavy atom. The molecule has 1 aromatic rings. The van der Waals surface area contributed by atoms with E-state index in [-0.39, 0.29) is 5.91 Å². The van der Waals surface area contributed by atoms with Crippen molar-refractivity contribution >= 4 is 23.3 Å². The van der Waals surface area contributed by atoms with Crippen molar-refractivity contribution in [2.75, 3.05) is 10.6 Å². The van der Waals surface area contributed by atoms with Crippen LogP contribution in [0.5, 0.6) is 0 Å². The molecule has 1 aliphatic rings. The monoisotopic (exact) mass is 205 g/mol. The Morgan fingerprint density at radius 2 is 2.13 bits per heavy atom. The van der Waals surface area contributed by atoms with Crippen LogP contribution in [0.1, 0.15) is 6.92 Å². The summed E-state index contributed by atoms with van der Waals surface area (Å²) in [5.41, 5.74) is 6.60. The van der Waals surface area contributed by atoms with Crippen LogP contribution < -0.4 is 16.0 Å². The molecule has 1 heterocycles. The largest absolute Gasteiger partial charge is 0.399 e. The average Bonchev–Trinajstić information content (AvgIpc) is 2.41. The van der Waals surface area contributed by atoms with Gasteiger partial charge >= 0.3 is 6.03 Å². The van der Waals surface area contributed by atoms with Gasteiger partial charge in [-0.05, 0) is 25.1 Å². The number of hydrogen-bond donors (Lipinski definition) is 2. The second kappa shape index (κ2) is 3.27. The minimum Gasteiger partial charge on any atom is -0.399 e. The molecule has 0 saturated carbocycles. The van der Waals surface area contributed by atoms with Crippen LogP contribution in [0.15, 0.2) is 24.3 Å². The Labute approximate surface area is 86.9 Å². The summed E-state index contributed by atoms with van der Waals surface area (Å²) in [5, 5.41) is 2.53. The quantitative estimate of drug-likeness (QED) is 0.523. The molecule has 1 aliphatic heterocycles. The van der Waals surface area contributed by atoms with Crippen molar-refractivity contribution in [1.82, 2.24) is 5.32 Å². The van der Waals surface area contributed by atoms with Gasteiger partial charge in [0.2, 0.25) is 0 Å². The molecule has 0 aliphatic carbocycles. The third-order valence-electron chi connectivity index (χ3n) is 2.26. The smallest absolute Gasteiger partial charge is 0.329 e. The van der Waals surface area contributed by atoms with Gasteiger partial charge in [0.25, 0.3) is 5.91 Å². The normalized spacial score (nSPS) is 20.6. The first kappa shape index (κ1) is 9.51. The van der Waals surface area contributed by atoms with E-state index >= 15 is 0 Å². The van der Waals surface area contributed by atoms with E-state index in [0.29, 0.717) is 11.4 Å². The maximum absolute atomic E-state index is 11.6. The van der Waals surface area contributed by atoms with Gasteiger partial charge < -0.3 is 11.1 Å². The van der Waals surface area contributed by atoms with E-state index in [2.05, 4.69) is 5.32 Å². The lowest BCUT2D eigenvalue weighted by molar-refractivity contribution is -0.117. The molecule has 5 nitrogen and oxygen atoms in total. The third kappa shape index (κ3) is 1.52. The second-order valence-electron chi connectivity index (χ2n) is 3.44. The van der Waals surface area contributed by atoms with Crippen molar-refractivity contribution in [3.05, 3.63) is 24.3 Å². The first-order chi connectivity index (χ1) is 7.09. The van der Waals surface area contributed by atoms with Crippen molar-refractivity contribution < 1.29 is 9.59 Å². The van der Waals surface area contributed by atoms with E-state index in [1.54, 1.807) is 31.2 Å². The number of nitrogens with one attached hydrogen (secondary N) is 1. The van der Waals surface area contributed by atoms with Gasteiger partial charge in [0.1, 0.15) is 6.04 Å². The maximum atomic E-state index is 11.6. The Bertz CT molecular complexity index is 430. The highest BCUT2D eigenvalue weighted by atomic mass is 16.2. The molecule has 1 fully saturated rings. The van der Waals surface area contributed by atoms with Crippen LogP contribution in [0.4, 0.5) is 16.2 Å². The number of benzene rings is 1. The zero-order valence-electron chi connectivity index (χ0n) is 8.23. The Morgan fingerprint density at radius 1 is 1.40 bits per heavy atom. The van der Waals surface area contributed by atoms with Gasteiger partial charge in [-0.1, -0.05) is 6.07 Å². The average molecular weight is 205 g/mol. The number of nitrogens with two attached hydrogens (primary N) is 1. The van der Waals surface area contributed by atoms with E-state index in [0.717, 1.165) is 4.90 Å². The molecule has 0 bridgehead atoms. The van der Waals surface area contributed by atoms with Gasteiger partial charge in [-0.2, -0.15) is 0 Å². The van der Waals surface area contributed by atoms with Crippen molar-refractivity contribution in [2.45, 2.75) is 13.0 Å². The Hall–Kier alpha value is -2.04. The number of imide groups is 1. The number of amides is 3. The minimum absolute atomic E-state index is 0.259. The Kier molecular flexibility index (Phi) is 2.07. The van der Waals surface area contributed by atoms with Gasteiger partial charge in [-0.25, -0.2) is 9.69 Å². The summed E-state index contributed by atoms with van der Waals surface area (Å²) in [6.45, 7) is 1.65. The molecule has 0 radical (unpaired) electrons. The highest BCUT2D eigenvalue weighted by Gasteiger charge is 2.35. The summed E-state index contributed by atoms with van der Waals surface area (Å²) < 4.78 is 0. The standard InChI is InChI=1S/C10H11N3O2/c1-6-9(14)13(10(15)12-6)8-4-2-3-7(11)5-8/h2-6H,11H2,1H3,(H,12,15)/t6-/m1/s1. The fraction of sp³-hybridized carbons (Fsp3) is 0.200. The summed E-state index contributed by atoms with van der Waals surface area (Å²) in [5.74, 6) is -0.259. The first-order valence-corrected chi connectivity index (χ1v) is 4.59. The number of hydrogen-bond acceptors (Lipinski definition) is 3. The number of carbonyl (C=O) groups is 2. The van der Waals surface area contributed by atoms with Crippen molar-refractivity contribution in [3.8, 4) is 0 Å². The molecule has 2 rings (SSSR count). The summed E-state index contributed by atoms with van der Waals surface area (Å²) in [6, 6.07) is 5.79. The van der Waals surface area contributed by atoms with Crippen molar-refractivity contribution in [3.63, 3.8) is 0 Å². The summed E-state index contributed by atoms with van der Waals surface area (Å²) in [7, 11) is 0. The molecule has 78 valence electrons. The third-order valence-corrected chi connectivity index (χ3v) is 2.26. The molecular formula is C10H11N3O2. The predicted molar refractivity (Wildman–Crippen MR) is 56.3 cm³/mol. The maximum Gasteiger partial charge on any atom is 0.329 e. The lowest BCUT2D eigenvalue weighted by atomic mass is 10.2. The highest BCUT2D eigenvalue weighted by molar-refractivity contribution is 6.21. The fourth-order valence-corrected chi connectivity index (χ4v) is 1.51. The molecule has 3 amide bonds. The molecule has 0 aromatic heterocycles. The van der Waals surface area contributed by atoms with Crippen LogP contribution in [-0.2, 0) is 4.79 Å². The van der Waals surface area contributed by atoms with E-state index in [9.17, 15) is 9.59 Å². The van der Waals surface area contributed by atoms with E-state index in [1.165, 1.54) is 0 Å². The zero-order valence-corrected chi connectivity index (χ0v) is 8.23. The lowest BCUT2D eigenvalue weighted by Gasteiger charge is -2.12. The molecular weight excluding hydrogens is 194 g/mol. The predicted octanol–water partition coefficient (Wildman–Crippen LogP) is 0.714. The summed E-state index contributed by atoms with van der Waals surface area (Å²) in [4.78, 5) is 24.2. The lowest BCUT2D eigenvalue weighted by Crippen LogP contribution is -2.30. The van der Waals surface area contributed by atoms with Gasteiger partial charge in [-0.3, -0.25) is 4.79 Å². The number of nitrogen functional groups attached to an aromatic ring is 1. The minimum atomic E-state index is -0.473. The van der Waals surface area contributed by atoms with Crippen molar-refractivity contribution in [1.29, 1.82) is 0 Å². The molecule has 0 unspecified atom stereocenters. The summed E-state index contributed by atoms with van der Waals surface area (Å²) >= 11 is 0. The SMILES string of the molecule is C[C@H]1NC(=O)N(c2cccc(N)c2)C1=O. The summed E-state index contributed by atoms with van der Waals surface area (Å²) in [6.07, 6.45) is 0. The van der Waals surface area contributed by atoms with Crippen molar-refractivity contribution in [2.24, 2.45) is 0 Å². The van der Waals surface area contributed by atoms with Crippen LogP contribution in [0.3, 0.4) is 0 Å². The van der Waals surface area contributed by atoms with Crippen LogP contribution in [0, 0.1) is 0 Å². The number of anilines is 2.